The van der Waals surface area contributed by atoms with Crippen LogP contribution in [0.3, 0.4) is 0 Å². The minimum Gasteiger partial charge on any atom is -0.497 e. The third kappa shape index (κ3) is 3.01. The van der Waals surface area contributed by atoms with Crippen LogP contribution in [0.5, 0.6) is 5.75 Å². The van der Waals surface area contributed by atoms with Crippen LogP contribution >= 0.6 is 0 Å². The highest BCUT2D eigenvalue weighted by atomic mass is 16.5. The molecule has 4 rings (SSSR count). The van der Waals surface area contributed by atoms with Crippen molar-refractivity contribution in [3.05, 3.63) is 65.9 Å². The van der Waals surface area contributed by atoms with E-state index in [4.69, 9.17) is 4.74 Å². The van der Waals surface area contributed by atoms with Gasteiger partial charge in [-0.05, 0) is 42.7 Å². The van der Waals surface area contributed by atoms with E-state index in [9.17, 15) is 14.7 Å². The van der Waals surface area contributed by atoms with Gasteiger partial charge in [-0.15, -0.1) is 0 Å². The van der Waals surface area contributed by atoms with Gasteiger partial charge in [-0.3, -0.25) is 9.59 Å². The molecule has 28 heavy (non-hydrogen) atoms. The number of amides is 1. The lowest BCUT2D eigenvalue weighted by molar-refractivity contribution is -0.145. The maximum absolute atomic E-state index is 13.0. The fourth-order valence-corrected chi connectivity index (χ4v) is 4.00. The Hall–Kier alpha value is -3.28. The molecule has 1 aromatic heterocycles. The lowest BCUT2D eigenvalue weighted by Gasteiger charge is -2.39. The van der Waals surface area contributed by atoms with Gasteiger partial charge in [-0.1, -0.05) is 30.3 Å². The number of carboxylic acid groups (broad SMARTS) is 1. The minimum atomic E-state index is -0.939. The summed E-state index contributed by atoms with van der Waals surface area (Å²) in [7, 11) is 1.61. The van der Waals surface area contributed by atoms with Crippen LogP contribution in [0.4, 0.5) is 0 Å². The number of nitrogens with one attached hydrogen (secondary N) is 1. The Balaban J connectivity index is 1.54. The number of benzene rings is 2. The molecular formula is C22H22N2O4. The smallest absolute Gasteiger partial charge is 0.314 e. The number of aromatic nitrogens is 1. The maximum atomic E-state index is 13.0. The van der Waals surface area contributed by atoms with E-state index in [1.165, 1.54) is 0 Å². The number of hydrogen-bond acceptors (Lipinski definition) is 3. The Morgan fingerprint density at radius 2 is 1.79 bits per heavy atom. The molecule has 0 aliphatic carbocycles. The van der Waals surface area contributed by atoms with Gasteiger partial charge >= 0.3 is 5.97 Å². The molecule has 2 N–H and O–H groups in total. The Labute approximate surface area is 162 Å². The molecule has 0 unspecified atom stereocenters. The van der Waals surface area contributed by atoms with E-state index in [2.05, 4.69) is 4.98 Å². The van der Waals surface area contributed by atoms with Crippen molar-refractivity contribution in [2.75, 3.05) is 20.2 Å². The first kappa shape index (κ1) is 18.1. The molecule has 144 valence electrons. The number of rotatable bonds is 4. The van der Waals surface area contributed by atoms with Crippen LogP contribution in [-0.2, 0) is 10.2 Å². The molecule has 1 fully saturated rings. The lowest BCUT2D eigenvalue weighted by atomic mass is 9.73. The fraction of sp³-hybridized carbons (Fsp3) is 0.273. The predicted octanol–water partition coefficient (Wildman–Crippen LogP) is 3.44. The second kappa shape index (κ2) is 7.03. The summed E-state index contributed by atoms with van der Waals surface area (Å²) in [6.07, 6.45) is 0.790. The Morgan fingerprint density at radius 1 is 1.07 bits per heavy atom. The van der Waals surface area contributed by atoms with Crippen LogP contribution in [0.25, 0.3) is 10.9 Å². The maximum Gasteiger partial charge on any atom is 0.314 e. The van der Waals surface area contributed by atoms with Crippen molar-refractivity contribution in [3.63, 3.8) is 0 Å². The topological polar surface area (TPSA) is 82.6 Å². The molecule has 0 spiro atoms. The quantitative estimate of drug-likeness (QED) is 0.729. The van der Waals surface area contributed by atoms with Gasteiger partial charge in [0.1, 0.15) is 11.4 Å². The third-order valence-corrected chi connectivity index (χ3v) is 5.70. The van der Waals surface area contributed by atoms with Crippen LogP contribution < -0.4 is 4.74 Å². The van der Waals surface area contributed by atoms with Gasteiger partial charge in [-0.2, -0.15) is 0 Å². The van der Waals surface area contributed by atoms with Gasteiger partial charge in [-0.25, -0.2) is 0 Å². The summed E-state index contributed by atoms with van der Waals surface area (Å²) in [5.74, 6) is -0.205. The average molecular weight is 378 g/mol. The van der Waals surface area contributed by atoms with Crippen molar-refractivity contribution in [2.24, 2.45) is 0 Å². The van der Waals surface area contributed by atoms with Crippen molar-refractivity contribution >= 4 is 22.8 Å². The SMILES string of the molecule is COc1ccc2[nH]c(C(=O)N3CCC(C(=O)O)(c4ccccc4)CC3)cc2c1. The van der Waals surface area contributed by atoms with Gasteiger partial charge < -0.3 is 19.7 Å². The minimum absolute atomic E-state index is 0.109. The Kier molecular flexibility index (Phi) is 4.55. The van der Waals surface area contributed by atoms with Crippen LogP contribution in [0.15, 0.2) is 54.6 Å². The first-order valence-electron chi connectivity index (χ1n) is 9.28. The molecular weight excluding hydrogens is 356 g/mol. The normalized spacial score (nSPS) is 16.1. The van der Waals surface area contributed by atoms with Crippen molar-refractivity contribution in [1.29, 1.82) is 0 Å². The molecule has 1 amide bonds. The molecule has 0 radical (unpaired) electrons. The lowest BCUT2D eigenvalue weighted by Crippen LogP contribution is -2.49. The van der Waals surface area contributed by atoms with Crippen LogP contribution in [-0.4, -0.2) is 47.1 Å². The van der Waals surface area contributed by atoms with Crippen molar-refractivity contribution < 1.29 is 19.4 Å². The van der Waals surface area contributed by atoms with E-state index in [0.717, 1.165) is 22.2 Å². The standard InChI is InChI=1S/C22H22N2O4/c1-28-17-7-8-18-15(13-17)14-19(23-18)20(25)24-11-9-22(10-12-24,21(26)27)16-5-3-2-4-6-16/h2-8,13-14,23H,9-12H2,1H3,(H,26,27). The summed E-state index contributed by atoms with van der Waals surface area (Å²) in [5, 5.41) is 10.8. The number of carbonyl (C=O) groups is 2. The average Bonchev–Trinajstić information content (AvgIpc) is 3.17. The molecule has 0 saturated carbocycles. The summed E-state index contributed by atoms with van der Waals surface area (Å²) < 4.78 is 5.23. The Bertz CT molecular complexity index is 1020. The number of nitrogens with zero attached hydrogens (tertiary/aromatic N) is 1. The van der Waals surface area contributed by atoms with Crippen molar-refractivity contribution in [3.8, 4) is 5.75 Å². The highest BCUT2D eigenvalue weighted by molar-refractivity contribution is 5.98. The number of methoxy groups -OCH3 is 1. The number of likely N-dealkylation sites (tertiary alicyclic amines) is 1. The highest BCUT2D eigenvalue weighted by Crippen LogP contribution is 2.36. The van der Waals surface area contributed by atoms with Crippen LogP contribution in [0.2, 0.25) is 0 Å². The fourth-order valence-electron chi connectivity index (χ4n) is 4.00. The third-order valence-electron chi connectivity index (χ3n) is 5.70. The summed E-state index contributed by atoms with van der Waals surface area (Å²) in [6, 6.07) is 16.7. The molecule has 0 atom stereocenters. The number of ether oxygens (including phenoxy) is 1. The molecule has 3 aromatic rings. The molecule has 2 heterocycles. The first-order valence-corrected chi connectivity index (χ1v) is 9.28. The predicted molar refractivity (Wildman–Crippen MR) is 106 cm³/mol. The zero-order chi connectivity index (χ0) is 19.7. The number of carboxylic acids is 1. The monoisotopic (exact) mass is 378 g/mol. The summed E-state index contributed by atoms with van der Waals surface area (Å²) in [4.78, 5) is 29.9. The van der Waals surface area contributed by atoms with E-state index in [-0.39, 0.29) is 5.91 Å². The number of aromatic amines is 1. The van der Waals surface area contributed by atoms with Crippen LogP contribution in [0, 0.1) is 0 Å². The van der Waals surface area contributed by atoms with Gasteiger partial charge in [0.2, 0.25) is 0 Å². The second-order valence-corrected chi connectivity index (χ2v) is 7.18. The Morgan fingerprint density at radius 3 is 2.43 bits per heavy atom. The van der Waals surface area contributed by atoms with E-state index >= 15 is 0 Å². The van der Waals surface area contributed by atoms with Gasteiger partial charge in [0.15, 0.2) is 0 Å². The number of aliphatic carboxylic acids is 1. The summed E-state index contributed by atoms with van der Waals surface area (Å²) in [6.45, 7) is 0.803. The van der Waals surface area contributed by atoms with E-state index in [1.807, 2.05) is 54.6 Å². The van der Waals surface area contributed by atoms with Gasteiger partial charge in [0, 0.05) is 24.0 Å². The zero-order valence-corrected chi connectivity index (χ0v) is 15.6. The highest BCUT2D eigenvalue weighted by Gasteiger charge is 2.44. The molecule has 1 saturated heterocycles. The molecule has 0 bridgehead atoms. The van der Waals surface area contributed by atoms with E-state index in [0.29, 0.717) is 31.6 Å². The summed E-state index contributed by atoms with van der Waals surface area (Å²) >= 11 is 0. The molecule has 6 nitrogen and oxygen atoms in total. The van der Waals surface area contributed by atoms with E-state index in [1.54, 1.807) is 12.0 Å². The van der Waals surface area contributed by atoms with E-state index < -0.39 is 11.4 Å². The molecule has 6 heteroatoms. The van der Waals surface area contributed by atoms with Crippen molar-refractivity contribution in [2.45, 2.75) is 18.3 Å². The van der Waals surface area contributed by atoms with Crippen LogP contribution in [0.1, 0.15) is 28.9 Å². The van der Waals surface area contributed by atoms with Gasteiger partial charge in [0.25, 0.3) is 5.91 Å². The molecule has 1 aliphatic heterocycles. The van der Waals surface area contributed by atoms with Crippen molar-refractivity contribution in [1.82, 2.24) is 9.88 Å². The zero-order valence-electron chi connectivity index (χ0n) is 15.6. The first-order chi connectivity index (χ1) is 13.5. The number of piperidine rings is 1. The second-order valence-electron chi connectivity index (χ2n) is 7.18. The number of fused-ring (bicyclic) bond motifs is 1. The molecule has 2 aromatic carbocycles. The summed E-state index contributed by atoms with van der Waals surface area (Å²) in [5.41, 5.74) is 1.23. The number of H-pyrrole nitrogens is 1. The largest absolute Gasteiger partial charge is 0.497 e. The molecule has 1 aliphatic rings. The number of hydrogen-bond donors (Lipinski definition) is 2. The van der Waals surface area contributed by atoms with Gasteiger partial charge in [0.05, 0.1) is 12.5 Å². The number of carbonyl (C=O) groups excluding carboxylic acids is 1.